The van der Waals surface area contributed by atoms with Crippen molar-refractivity contribution in [2.45, 2.75) is 78.0 Å². The number of phenolic OH excluding ortho intramolecular Hbond substituents is 3. The number of nitrogens with one attached hydrogen (secondary N) is 1. The van der Waals surface area contributed by atoms with Crippen molar-refractivity contribution in [3.8, 4) is 23.0 Å². The highest BCUT2D eigenvalue weighted by atomic mass is 16.6. The van der Waals surface area contributed by atoms with Crippen LogP contribution in [0, 0.1) is 0 Å². The summed E-state index contributed by atoms with van der Waals surface area (Å²) in [5.41, 5.74) is -1.87. The van der Waals surface area contributed by atoms with Gasteiger partial charge in [-0.05, 0) is 82.1 Å². The Morgan fingerprint density at radius 1 is 0.811 bits per heavy atom. The molecule has 0 saturated carbocycles. The molecule has 0 spiro atoms. The molecule has 4 N–H and O–H groups in total. The molecule has 1 heterocycles. The number of nitrogens with zero attached hydrogens (tertiary/aromatic N) is 1. The summed E-state index contributed by atoms with van der Waals surface area (Å²) in [5.74, 6) is -4.77. The predicted octanol–water partition coefficient (Wildman–Crippen LogP) is 5.74. The number of ketones is 1. The van der Waals surface area contributed by atoms with Crippen LogP contribution in [-0.4, -0.2) is 94.0 Å². The molecule has 1 saturated heterocycles. The molecule has 284 valence electrons. The number of rotatable bonds is 14. The lowest BCUT2D eigenvalue weighted by Crippen LogP contribution is -2.44. The summed E-state index contributed by atoms with van der Waals surface area (Å²) in [5, 5.41) is 34.4. The minimum atomic E-state index is -1.08. The maximum Gasteiger partial charge on any atom is 0.410 e. The first-order valence-corrected chi connectivity index (χ1v) is 17.5. The van der Waals surface area contributed by atoms with Gasteiger partial charge in [0.25, 0.3) is 5.91 Å². The van der Waals surface area contributed by atoms with Crippen molar-refractivity contribution in [1.82, 2.24) is 10.2 Å². The van der Waals surface area contributed by atoms with Gasteiger partial charge in [0, 0.05) is 12.1 Å². The molecular formula is C39H46N2O12. The fourth-order valence-corrected chi connectivity index (χ4v) is 5.43. The molecular weight excluding hydrogens is 688 g/mol. The molecule has 1 aliphatic heterocycles. The molecule has 4 rings (SSSR count). The molecule has 0 aromatic heterocycles. The molecule has 0 unspecified atom stereocenters. The first kappa shape index (κ1) is 40.0. The summed E-state index contributed by atoms with van der Waals surface area (Å²) in [7, 11) is 0. The fraction of sp³-hybridized carbons (Fsp3) is 0.410. The number of esters is 2. The second-order valence-electron chi connectivity index (χ2n) is 13.5. The third-order valence-corrected chi connectivity index (χ3v) is 8.14. The monoisotopic (exact) mass is 734 g/mol. The highest BCUT2D eigenvalue weighted by Gasteiger charge is 2.41. The lowest BCUT2D eigenvalue weighted by molar-refractivity contribution is 0.0177. The number of ether oxygens (including phenoxy) is 4. The smallest absolute Gasteiger partial charge is 0.410 e. The number of aromatic hydroxyl groups is 3. The van der Waals surface area contributed by atoms with Gasteiger partial charge in [0.05, 0.1) is 42.5 Å². The van der Waals surface area contributed by atoms with E-state index in [9.17, 15) is 39.3 Å². The average Bonchev–Trinajstić information content (AvgIpc) is 3.49. The van der Waals surface area contributed by atoms with Crippen molar-refractivity contribution in [3.63, 3.8) is 0 Å². The van der Waals surface area contributed by atoms with E-state index in [1.54, 1.807) is 20.8 Å². The van der Waals surface area contributed by atoms with Gasteiger partial charge in [0.2, 0.25) is 5.78 Å². The normalized spacial score (nSPS) is 15.4. The zero-order chi connectivity index (χ0) is 38.9. The van der Waals surface area contributed by atoms with E-state index in [1.807, 2.05) is 13.8 Å². The summed E-state index contributed by atoms with van der Waals surface area (Å²) in [6, 6.07) is 10.7. The first-order chi connectivity index (χ1) is 25.1. The van der Waals surface area contributed by atoms with E-state index in [4.69, 9.17) is 18.9 Å². The Morgan fingerprint density at radius 3 is 2.15 bits per heavy atom. The summed E-state index contributed by atoms with van der Waals surface area (Å²) < 4.78 is 22.5. The molecule has 14 heteroatoms. The number of unbranched alkanes of at least 4 members (excludes halogenated alkanes) is 2. The molecule has 0 radical (unpaired) electrons. The largest absolute Gasteiger partial charge is 0.508 e. The quantitative estimate of drug-likeness (QED) is 0.0679. The summed E-state index contributed by atoms with van der Waals surface area (Å²) in [4.78, 5) is 68.0. The molecule has 53 heavy (non-hydrogen) atoms. The lowest BCUT2D eigenvalue weighted by atomic mass is 9.95. The average molecular weight is 735 g/mol. The van der Waals surface area contributed by atoms with E-state index in [0.29, 0.717) is 12.8 Å². The van der Waals surface area contributed by atoms with E-state index in [1.165, 1.54) is 53.4 Å². The molecule has 1 fully saturated rings. The minimum Gasteiger partial charge on any atom is -0.508 e. The van der Waals surface area contributed by atoms with Gasteiger partial charge < -0.3 is 44.5 Å². The highest BCUT2D eigenvalue weighted by Crippen LogP contribution is 2.36. The topological polar surface area (TPSA) is 198 Å². The van der Waals surface area contributed by atoms with Crippen LogP contribution in [0.15, 0.2) is 54.6 Å². The second kappa shape index (κ2) is 17.6. The Hall–Kier alpha value is -5.79. The van der Waals surface area contributed by atoms with E-state index >= 15 is 0 Å². The van der Waals surface area contributed by atoms with Crippen LogP contribution in [0.5, 0.6) is 23.0 Å². The van der Waals surface area contributed by atoms with Crippen LogP contribution in [0.3, 0.4) is 0 Å². The molecule has 2 amide bonds. The number of phenols is 3. The van der Waals surface area contributed by atoms with E-state index in [2.05, 4.69) is 5.32 Å². The van der Waals surface area contributed by atoms with Crippen LogP contribution in [0.25, 0.3) is 0 Å². The maximum absolute atomic E-state index is 14.0. The van der Waals surface area contributed by atoms with Gasteiger partial charge in [-0.3, -0.25) is 9.59 Å². The Bertz CT molecular complexity index is 1820. The van der Waals surface area contributed by atoms with Gasteiger partial charge >= 0.3 is 18.0 Å². The minimum absolute atomic E-state index is 0.0368. The Labute approximate surface area is 307 Å². The van der Waals surface area contributed by atoms with Gasteiger partial charge in [-0.1, -0.05) is 32.8 Å². The molecule has 0 aliphatic carbocycles. The van der Waals surface area contributed by atoms with E-state index < -0.39 is 70.1 Å². The van der Waals surface area contributed by atoms with Crippen LogP contribution in [0.2, 0.25) is 0 Å². The van der Waals surface area contributed by atoms with Crippen LogP contribution in [-0.2, 0) is 14.2 Å². The number of carbonyl (C=O) groups is 5. The summed E-state index contributed by atoms with van der Waals surface area (Å²) in [6.07, 6.45) is 0.860. The van der Waals surface area contributed by atoms with Crippen LogP contribution < -0.4 is 10.1 Å². The standard InChI is InChI=1S/C39H46N2O12/c1-6-8-17-50-30-20-24(19-29(44)33(30)34(45)32-26(11-10-12-28(32)43)37(48)51-18-9-7-2)36(47)52-31-22-41(38(49)53-39(3,4)5)21-27(31)40-35(46)23-13-15-25(42)16-14-23/h10-16,19-20,27,31,42-44H,6-9,17-18,21-22H2,1-5H3,(H,40,46)/t27-,31-/m0/s1. The van der Waals surface area contributed by atoms with Crippen molar-refractivity contribution in [2.24, 2.45) is 0 Å². The Morgan fingerprint density at radius 2 is 1.49 bits per heavy atom. The molecule has 0 bridgehead atoms. The second-order valence-corrected chi connectivity index (χ2v) is 13.5. The number of benzene rings is 3. The van der Waals surface area contributed by atoms with Crippen LogP contribution in [0.1, 0.15) is 107 Å². The number of amides is 2. The number of likely N-dealkylation sites (tertiary alicyclic amines) is 1. The molecule has 1 aliphatic rings. The Kier molecular flexibility index (Phi) is 13.3. The van der Waals surface area contributed by atoms with E-state index in [-0.39, 0.29) is 54.5 Å². The SMILES string of the molecule is CCCCOC(=O)c1cccc(O)c1C(=O)c1c(O)cc(C(=O)O[C@H]2CN(C(=O)OC(C)(C)C)C[C@@H]2NC(=O)c2ccc(O)cc2)cc1OCCCC. The van der Waals surface area contributed by atoms with Gasteiger partial charge in [0.1, 0.15) is 40.3 Å². The predicted molar refractivity (Wildman–Crippen MR) is 192 cm³/mol. The third kappa shape index (κ3) is 10.4. The number of carbonyl (C=O) groups excluding carboxylic acids is 5. The highest BCUT2D eigenvalue weighted by molar-refractivity contribution is 6.18. The third-order valence-electron chi connectivity index (χ3n) is 8.14. The van der Waals surface area contributed by atoms with Crippen LogP contribution >= 0.6 is 0 Å². The summed E-state index contributed by atoms with van der Waals surface area (Å²) >= 11 is 0. The van der Waals surface area contributed by atoms with Crippen molar-refractivity contribution < 1.29 is 58.2 Å². The van der Waals surface area contributed by atoms with E-state index in [0.717, 1.165) is 18.9 Å². The van der Waals surface area contributed by atoms with Gasteiger partial charge in [0.15, 0.2) is 0 Å². The fourth-order valence-electron chi connectivity index (χ4n) is 5.43. The van der Waals surface area contributed by atoms with Gasteiger partial charge in [-0.15, -0.1) is 0 Å². The summed E-state index contributed by atoms with van der Waals surface area (Å²) in [6.45, 7) is 8.91. The first-order valence-electron chi connectivity index (χ1n) is 17.5. The van der Waals surface area contributed by atoms with Crippen molar-refractivity contribution in [1.29, 1.82) is 0 Å². The number of hydrogen-bond donors (Lipinski definition) is 4. The zero-order valence-electron chi connectivity index (χ0n) is 30.5. The van der Waals surface area contributed by atoms with Crippen molar-refractivity contribution in [3.05, 3.63) is 82.4 Å². The lowest BCUT2D eigenvalue weighted by Gasteiger charge is -2.24. The van der Waals surface area contributed by atoms with Gasteiger partial charge in [-0.2, -0.15) is 0 Å². The maximum atomic E-state index is 14.0. The van der Waals surface area contributed by atoms with Crippen molar-refractivity contribution in [2.75, 3.05) is 26.3 Å². The molecule has 3 aromatic rings. The van der Waals surface area contributed by atoms with Gasteiger partial charge in [-0.25, -0.2) is 14.4 Å². The van der Waals surface area contributed by atoms with Crippen LogP contribution in [0.4, 0.5) is 4.79 Å². The molecule has 3 aromatic carbocycles. The number of hydrogen-bond acceptors (Lipinski definition) is 12. The van der Waals surface area contributed by atoms with Crippen molar-refractivity contribution >= 4 is 29.7 Å². The zero-order valence-corrected chi connectivity index (χ0v) is 30.5. The molecule has 14 nitrogen and oxygen atoms in total. The molecule has 2 atom stereocenters. The Balaban J connectivity index is 1.66.